The van der Waals surface area contributed by atoms with Gasteiger partial charge in [-0.2, -0.15) is 0 Å². The predicted molar refractivity (Wildman–Crippen MR) is 87.8 cm³/mol. The minimum atomic E-state index is -0.175. The van der Waals surface area contributed by atoms with E-state index in [0.29, 0.717) is 30.2 Å². The number of nitrogens with zero attached hydrogens (tertiary/aromatic N) is 2. The number of rotatable bonds is 4. The number of anilines is 1. The van der Waals surface area contributed by atoms with Crippen molar-refractivity contribution in [3.63, 3.8) is 0 Å². The summed E-state index contributed by atoms with van der Waals surface area (Å²) in [6, 6.07) is 0.450. The number of carbonyl (C=O) groups is 1. The number of carbonyl (C=O) groups excluding carboxylic acids is 1. The number of ether oxygens (including phenoxy) is 1. The summed E-state index contributed by atoms with van der Waals surface area (Å²) in [5.74, 6) is 0.152. The molecule has 1 aliphatic heterocycles. The molecule has 0 radical (unpaired) electrons. The van der Waals surface area contributed by atoms with Gasteiger partial charge in [0, 0.05) is 23.0 Å². The molecule has 2 N–H and O–H groups in total. The average molecular weight is 321 g/mol. The number of thiazole rings is 1. The van der Waals surface area contributed by atoms with Crippen molar-refractivity contribution in [2.75, 3.05) is 25.4 Å². The maximum atomic E-state index is 12.1. The van der Waals surface area contributed by atoms with Crippen LogP contribution in [0.5, 0.6) is 0 Å². The number of aromatic nitrogens is 1. The van der Waals surface area contributed by atoms with E-state index < -0.39 is 0 Å². The predicted octanol–water partition coefficient (Wildman–Crippen LogP) is 2.02. The maximum Gasteiger partial charge on any atom is 0.335 e. The van der Waals surface area contributed by atoms with E-state index in [1.165, 1.54) is 4.88 Å². The van der Waals surface area contributed by atoms with Crippen LogP contribution in [0.3, 0.4) is 0 Å². The lowest BCUT2D eigenvalue weighted by Crippen LogP contribution is -2.49. The van der Waals surface area contributed by atoms with E-state index >= 15 is 0 Å². The molecule has 5 nitrogen and oxygen atoms in total. The Labute approximate surface area is 135 Å². The molecular formula is C16H23N3O2S. The summed E-state index contributed by atoms with van der Waals surface area (Å²) in [6.45, 7) is 6.14. The van der Waals surface area contributed by atoms with Crippen molar-refractivity contribution in [2.24, 2.45) is 5.92 Å². The first-order chi connectivity index (χ1) is 10.6. The molecule has 1 aromatic rings. The summed E-state index contributed by atoms with van der Waals surface area (Å²) in [4.78, 5) is 20.3. The highest BCUT2D eigenvalue weighted by Crippen LogP contribution is 2.37. The van der Waals surface area contributed by atoms with Crippen molar-refractivity contribution < 1.29 is 9.53 Å². The van der Waals surface area contributed by atoms with Crippen molar-refractivity contribution in [3.05, 3.63) is 22.2 Å². The number of fused-ring (bicyclic) bond motifs is 2. The molecule has 0 fully saturated rings. The molecule has 3 rings (SSSR count). The van der Waals surface area contributed by atoms with Crippen LogP contribution in [0.15, 0.2) is 11.6 Å². The molecule has 6 heteroatoms. The Bertz CT molecular complexity index is 596. The van der Waals surface area contributed by atoms with E-state index in [-0.39, 0.29) is 5.97 Å². The van der Waals surface area contributed by atoms with Crippen LogP contribution in [0, 0.1) is 5.92 Å². The number of esters is 1. The Morgan fingerprint density at radius 2 is 2.32 bits per heavy atom. The standard InChI is InChI=1S/C16H23N3O2S/c1-3-5-19-9-11(15(20)21-4-2)6-10-7-12-14(8-13(10)19)22-16(17)18-12/h6,10,13H,3-5,7-9H2,1-2H3,(H2,17,18). The zero-order valence-electron chi connectivity index (χ0n) is 13.2. The summed E-state index contributed by atoms with van der Waals surface area (Å²) >= 11 is 1.61. The molecule has 0 saturated carbocycles. The molecule has 1 aromatic heterocycles. The molecule has 0 spiro atoms. The molecule has 0 aromatic carbocycles. The van der Waals surface area contributed by atoms with Crippen molar-refractivity contribution in [3.8, 4) is 0 Å². The summed E-state index contributed by atoms with van der Waals surface area (Å²) in [5, 5.41) is 0.653. The van der Waals surface area contributed by atoms with Gasteiger partial charge in [0.15, 0.2) is 5.13 Å². The highest BCUT2D eigenvalue weighted by molar-refractivity contribution is 7.15. The van der Waals surface area contributed by atoms with Gasteiger partial charge in [0.1, 0.15) is 0 Å². The molecule has 0 saturated heterocycles. The molecule has 2 unspecified atom stereocenters. The van der Waals surface area contributed by atoms with Gasteiger partial charge in [0.2, 0.25) is 0 Å². The molecule has 1 aliphatic carbocycles. The van der Waals surface area contributed by atoms with Crippen LogP contribution in [-0.4, -0.2) is 41.6 Å². The van der Waals surface area contributed by atoms with Crippen LogP contribution in [0.2, 0.25) is 0 Å². The van der Waals surface area contributed by atoms with E-state index in [9.17, 15) is 4.79 Å². The van der Waals surface area contributed by atoms with Gasteiger partial charge in [-0.05, 0) is 38.6 Å². The van der Waals surface area contributed by atoms with Gasteiger partial charge >= 0.3 is 5.97 Å². The summed E-state index contributed by atoms with van der Waals surface area (Å²) in [6.07, 6.45) is 5.06. The molecule has 0 amide bonds. The monoisotopic (exact) mass is 321 g/mol. The zero-order chi connectivity index (χ0) is 15.7. The van der Waals surface area contributed by atoms with Crippen LogP contribution in [0.1, 0.15) is 30.8 Å². The molecule has 0 bridgehead atoms. The quantitative estimate of drug-likeness (QED) is 0.859. The fourth-order valence-electron chi connectivity index (χ4n) is 3.53. The van der Waals surface area contributed by atoms with Gasteiger partial charge in [0.25, 0.3) is 0 Å². The van der Waals surface area contributed by atoms with E-state index in [1.54, 1.807) is 11.3 Å². The minimum Gasteiger partial charge on any atom is -0.463 e. The summed E-state index contributed by atoms with van der Waals surface area (Å²) in [7, 11) is 0. The van der Waals surface area contributed by atoms with Crippen LogP contribution in [-0.2, 0) is 22.4 Å². The fraction of sp³-hybridized carbons (Fsp3) is 0.625. The highest BCUT2D eigenvalue weighted by Gasteiger charge is 2.38. The largest absolute Gasteiger partial charge is 0.463 e. The molecule has 22 heavy (non-hydrogen) atoms. The number of hydrogen-bond donors (Lipinski definition) is 1. The number of nitrogens with two attached hydrogens (primary N) is 1. The Hall–Kier alpha value is -1.40. The normalized spacial score (nSPS) is 24.4. The fourth-order valence-corrected chi connectivity index (χ4v) is 4.44. The lowest BCUT2D eigenvalue weighted by molar-refractivity contribution is -0.139. The van der Waals surface area contributed by atoms with Crippen molar-refractivity contribution >= 4 is 22.4 Å². The third-order valence-corrected chi connectivity index (χ3v) is 5.37. The first-order valence-corrected chi connectivity index (χ1v) is 8.79. The van der Waals surface area contributed by atoms with Crippen LogP contribution in [0.4, 0.5) is 5.13 Å². The molecule has 120 valence electrons. The molecule has 2 atom stereocenters. The van der Waals surface area contributed by atoms with Crippen LogP contribution >= 0.6 is 11.3 Å². The van der Waals surface area contributed by atoms with Crippen LogP contribution in [0.25, 0.3) is 0 Å². The zero-order valence-corrected chi connectivity index (χ0v) is 14.0. The summed E-state index contributed by atoms with van der Waals surface area (Å²) < 4.78 is 5.19. The lowest BCUT2D eigenvalue weighted by atomic mass is 9.81. The maximum absolute atomic E-state index is 12.1. The Morgan fingerprint density at radius 3 is 3.05 bits per heavy atom. The number of hydrogen-bond acceptors (Lipinski definition) is 6. The highest BCUT2D eigenvalue weighted by atomic mass is 32.1. The van der Waals surface area contributed by atoms with Gasteiger partial charge in [-0.25, -0.2) is 9.78 Å². The molecular weight excluding hydrogens is 298 g/mol. The Kier molecular flexibility index (Phi) is 4.49. The number of nitrogen functional groups attached to an aromatic ring is 1. The third kappa shape index (κ3) is 2.90. The molecule has 2 heterocycles. The first-order valence-electron chi connectivity index (χ1n) is 7.98. The van der Waals surface area contributed by atoms with E-state index in [0.717, 1.165) is 37.1 Å². The molecule has 2 aliphatic rings. The van der Waals surface area contributed by atoms with Gasteiger partial charge in [-0.3, -0.25) is 4.90 Å². The van der Waals surface area contributed by atoms with Gasteiger partial charge in [-0.1, -0.05) is 13.0 Å². The Balaban J connectivity index is 1.88. The first kappa shape index (κ1) is 15.5. The van der Waals surface area contributed by atoms with Gasteiger partial charge < -0.3 is 10.5 Å². The lowest BCUT2D eigenvalue weighted by Gasteiger charge is -2.42. The van der Waals surface area contributed by atoms with Gasteiger partial charge in [0.05, 0.1) is 12.3 Å². The van der Waals surface area contributed by atoms with Gasteiger partial charge in [-0.15, -0.1) is 11.3 Å². The Morgan fingerprint density at radius 1 is 1.50 bits per heavy atom. The van der Waals surface area contributed by atoms with E-state index in [4.69, 9.17) is 10.5 Å². The topological polar surface area (TPSA) is 68.5 Å². The second-order valence-electron chi connectivity index (χ2n) is 5.94. The van der Waals surface area contributed by atoms with Crippen LogP contribution < -0.4 is 5.73 Å². The van der Waals surface area contributed by atoms with Crippen molar-refractivity contribution in [1.82, 2.24) is 9.88 Å². The van der Waals surface area contributed by atoms with Crippen molar-refractivity contribution in [2.45, 2.75) is 39.2 Å². The smallest absolute Gasteiger partial charge is 0.335 e. The van der Waals surface area contributed by atoms with E-state index in [2.05, 4.69) is 22.9 Å². The minimum absolute atomic E-state index is 0.175. The average Bonchev–Trinajstić information content (AvgIpc) is 2.84. The third-order valence-electron chi connectivity index (χ3n) is 4.42. The second kappa shape index (κ2) is 6.38. The van der Waals surface area contributed by atoms with E-state index in [1.807, 2.05) is 6.92 Å². The second-order valence-corrected chi connectivity index (χ2v) is 7.06. The van der Waals surface area contributed by atoms with Crippen molar-refractivity contribution in [1.29, 1.82) is 0 Å². The summed E-state index contributed by atoms with van der Waals surface area (Å²) in [5.41, 5.74) is 7.77. The SMILES string of the molecule is CCCN1CC(C(=O)OCC)=CC2Cc3nc(N)sc3CC21.